The average Bonchev–Trinajstić information content (AvgIpc) is 2.95. The van der Waals surface area contributed by atoms with Crippen molar-refractivity contribution in [3.8, 4) is 0 Å². The number of hydrogen-bond acceptors (Lipinski definition) is 7. The van der Waals surface area contributed by atoms with Crippen molar-refractivity contribution in [1.82, 2.24) is 4.98 Å². The molecule has 1 aliphatic heterocycles. The van der Waals surface area contributed by atoms with Gasteiger partial charge >= 0.3 is 11.0 Å². The number of nitro groups is 1. The lowest BCUT2D eigenvalue weighted by molar-refractivity contribution is -0.380. The van der Waals surface area contributed by atoms with Crippen LogP contribution in [0.4, 0.5) is 10.1 Å². The minimum Gasteiger partial charge on any atom is -0.469 e. The molecule has 7 nitrogen and oxygen atoms in total. The summed E-state index contributed by atoms with van der Waals surface area (Å²) < 4.78 is 4.67. The summed E-state index contributed by atoms with van der Waals surface area (Å²) in [6, 6.07) is 0. The molecule has 17 heavy (non-hydrogen) atoms. The molecule has 0 saturated carbocycles. The van der Waals surface area contributed by atoms with E-state index >= 15 is 0 Å². The van der Waals surface area contributed by atoms with Gasteiger partial charge < -0.3 is 9.64 Å². The minimum atomic E-state index is -0.463. The normalized spacial score (nSPS) is 19.4. The molecule has 1 atom stereocenters. The Morgan fingerprint density at radius 3 is 3.12 bits per heavy atom. The van der Waals surface area contributed by atoms with Crippen LogP contribution in [0.5, 0.6) is 0 Å². The van der Waals surface area contributed by atoms with Gasteiger partial charge in [-0.2, -0.15) is 0 Å². The van der Waals surface area contributed by atoms with Crippen LogP contribution in [0.2, 0.25) is 0 Å². The van der Waals surface area contributed by atoms with Gasteiger partial charge in [0.1, 0.15) is 6.20 Å². The van der Waals surface area contributed by atoms with Gasteiger partial charge in [-0.3, -0.25) is 14.9 Å². The number of aromatic nitrogens is 1. The molecule has 2 heterocycles. The summed E-state index contributed by atoms with van der Waals surface area (Å²) >= 11 is 1.02. The van der Waals surface area contributed by atoms with Crippen LogP contribution in [-0.2, 0) is 9.53 Å². The second-order valence-corrected chi connectivity index (χ2v) is 4.68. The highest BCUT2D eigenvalue weighted by molar-refractivity contribution is 7.18. The summed E-state index contributed by atoms with van der Waals surface area (Å²) in [4.78, 5) is 27.3. The third kappa shape index (κ3) is 2.36. The number of hydrogen-bond donors (Lipinski definition) is 0. The van der Waals surface area contributed by atoms with Crippen molar-refractivity contribution in [3.63, 3.8) is 0 Å². The number of anilines is 1. The van der Waals surface area contributed by atoms with Crippen molar-refractivity contribution in [2.45, 2.75) is 6.42 Å². The zero-order chi connectivity index (χ0) is 12.4. The van der Waals surface area contributed by atoms with Crippen LogP contribution in [0.25, 0.3) is 0 Å². The number of carbonyl (C=O) groups is 1. The standard InChI is InChI=1S/C9H11N3O4S/c1-16-8(13)6-2-3-11(5-6)9-10-4-7(17-9)12(14)15/h4,6H,2-3,5H2,1H3. The van der Waals surface area contributed by atoms with E-state index in [1.807, 2.05) is 4.90 Å². The van der Waals surface area contributed by atoms with Gasteiger partial charge in [0.2, 0.25) is 0 Å². The number of methoxy groups -OCH3 is 1. The molecule has 1 fully saturated rings. The van der Waals surface area contributed by atoms with Crippen LogP contribution in [0.3, 0.4) is 0 Å². The van der Waals surface area contributed by atoms with E-state index in [1.54, 1.807) is 0 Å². The van der Waals surface area contributed by atoms with Crippen molar-refractivity contribution >= 4 is 27.4 Å². The van der Waals surface area contributed by atoms with Gasteiger partial charge in [0.25, 0.3) is 0 Å². The van der Waals surface area contributed by atoms with Gasteiger partial charge in [0.15, 0.2) is 5.13 Å². The molecule has 0 spiro atoms. The van der Waals surface area contributed by atoms with Gasteiger partial charge in [0, 0.05) is 13.1 Å². The zero-order valence-electron chi connectivity index (χ0n) is 9.16. The molecular weight excluding hydrogens is 246 g/mol. The van der Waals surface area contributed by atoms with E-state index in [0.717, 1.165) is 11.3 Å². The molecule has 1 aromatic heterocycles. The molecular formula is C9H11N3O4S. The molecule has 1 aromatic rings. The van der Waals surface area contributed by atoms with E-state index in [0.29, 0.717) is 24.6 Å². The number of rotatable bonds is 3. The lowest BCUT2D eigenvalue weighted by atomic mass is 10.1. The van der Waals surface area contributed by atoms with E-state index in [2.05, 4.69) is 9.72 Å². The Kier molecular flexibility index (Phi) is 3.23. The van der Waals surface area contributed by atoms with Gasteiger partial charge in [-0.25, -0.2) is 4.98 Å². The van der Waals surface area contributed by atoms with E-state index in [1.165, 1.54) is 13.3 Å². The van der Waals surface area contributed by atoms with Gasteiger partial charge in [0.05, 0.1) is 18.0 Å². The maximum absolute atomic E-state index is 11.3. The first-order valence-corrected chi connectivity index (χ1v) is 5.86. The highest BCUT2D eigenvalue weighted by Crippen LogP contribution is 2.31. The molecule has 1 saturated heterocycles. The van der Waals surface area contributed by atoms with E-state index in [-0.39, 0.29) is 16.9 Å². The highest BCUT2D eigenvalue weighted by atomic mass is 32.1. The number of ether oxygens (including phenoxy) is 1. The van der Waals surface area contributed by atoms with Crippen LogP contribution < -0.4 is 4.90 Å². The Balaban J connectivity index is 2.04. The molecule has 0 bridgehead atoms. The predicted molar refractivity (Wildman–Crippen MR) is 61.1 cm³/mol. The molecule has 0 amide bonds. The first kappa shape index (κ1) is 11.8. The minimum absolute atomic E-state index is 0.0153. The smallest absolute Gasteiger partial charge is 0.345 e. The Morgan fingerprint density at radius 1 is 1.76 bits per heavy atom. The van der Waals surface area contributed by atoms with Crippen molar-refractivity contribution in [1.29, 1.82) is 0 Å². The zero-order valence-corrected chi connectivity index (χ0v) is 9.98. The molecule has 0 radical (unpaired) electrons. The Hall–Kier alpha value is -1.70. The molecule has 0 aliphatic carbocycles. The van der Waals surface area contributed by atoms with Gasteiger partial charge in [-0.05, 0) is 17.8 Å². The van der Waals surface area contributed by atoms with Crippen LogP contribution in [0, 0.1) is 16.0 Å². The maximum Gasteiger partial charge on any atom is 0.345 e. The van der Waals surface area contributed by atoms with Crippen LogP contribution >= 0.6 is 11.3 Å². The number of carbonyl (C=O) groups excluding carboxylic acids is 1. The summed E-state index contributed by atoms with van der Waals surface area (Å²) in [5.74, 6) is -0.401. The predicted octanol–water partition coefficient (Wildman–Crippen LogP) is 1.05. The molecule has 0 aromatic carbocycles. The summed E-state index contributed by atoms with van der Waals surface area (Å²) in [5.41, 5.74) is 0. The Morgan fingerprint density at radius 2 is 2.53 bits per heavy atom. The summed E-state index contributed by atoms with van der Waals surface area (Å²) in [6.45, 7) is 1.18. The van der Waals surface area contributed by atoms with Crippen molar-refractivity contribution < 1.29 is 14.5 Å². The van der Waals surface area contributed by atoms with Crippen molar-refractivity contribution in [3.05, 3.63) is 16.3 Å². The molecule has 2 rings (SSSR count). The van der Waals surface area contributed by atoms with E-state index in [9.17, 15) is 14.9 Å². The second kappa shape index (κ2) is 4.66. The molecule has 8 heteroatoms. The molecule has 1 unspecified atom stereocenters. The Bertz CT molecular complexity index is 447. The quantitative estimate of drug-likeness (QED) is 0.457. The molecule has 0 N–H and O–H groups in total. The van der Waals surface area contributed by atoms with Crippen LogP contribution in [0.1, 0.15) is 6.42 Å². The Labute approximate surface area is 101 Å². The highest BCUT2D eigenvalue weighted by Gasteiger charge is 2.31. The largest absolute Gasteiger partial charge is 0.469 e. The topological polar surface area (TPSA) is 85.6 Å². The molecule has 92 valence electrons. The summed E-state index contributed by atoms with van der Waals surface area (Å²) in [6.07, 6.45) is 1.94. The van der Waals surface area contributed by atoms with Crippen LogP contribution in [-0.4, -0.2) is 36.1 Å². The van der Waals surface area contributed by atoms with Crippen LogP contribution in [0.15, 0.2) is 6.20 Å². The van der Waals surface area contributed by atoms with Gasteiger partial charge in [-0.1, -0.05) is 0 Å². The van der Waals surface area contributed by atoms with Crippen molar-refractivity contribution in [2.75, 3.05) is 25.1 Å². The van der Waals surface area contributed by atoms with Gasteiger partial charge in [-0.15, -0.1) is 0 Å². The first-order chi connectivity index (χ1) is 8.11. The SMILES string of the molecule is COC(=O)C1CCN(c2ncc([N+](=O)[O-])s2)C1. The monoisotopic (exact) mass is 257 g/mol. The average molecular weight is 257 g/mol. The first-order valence-electron chi connectivity index (χ1n) is 5.05. The fourth-order valence-corrected chi connectivity index (χ4v) is 2.55. The second-order valence-electron chi connectivity index (χ2n) is 3.69. The van der Waals surface area contributed by atoms with E-state index < -0.39 is 4.92 Å². The lowest BCUT2D eigenvalue weighted by Crippen LogP contribution is -2.23. The number of thiazole rings is 1. The number of esters is 1. The fourth-order valence-electron chi connectivity index (χ4n) is 1.78. The number of nitrogens with zero attached hydrogens (tertiary/aromatic N) is 3. The fraction of sp³-hybridized carbons (Fsp3) is 0.556. The maximum atomic E-state index is 11.3. The van der Waals surface area contributed by atoms with Crippen molar-refractivity contribution in [2.24, 2.45) is 5.92 Å². The lowest BCUT2D eigenvalue weighted by Gasteiger charge is -2.13. The third-order valence-electron chi connectivity index (χ3n) is 2.65. The summed E-state index contributed by atoms with van der Waals surface area (Å²) in [7, 11) is 1.36. The summed E-state index contributed by atoms with van der Waals surface area (Å²) in [5, 5.41) is 11.1. The molecule has 1 aliphatic rings. The third-order valence-corrected chi connectivity index (χ3v) is 3.66. The van der Waals surface area contributed by atoms with E-state index in [4.69, 9.17) is 0 Å².